The van der Waals surface area contributed by atoms with Gasteiger partial charge in [-0.1, -0.05) is 48.9 Å². The third-order valence-electron chi connectivity index (χ3n) is 10.5. The van der Waals surface area contributed by atoms with E-state index in [4.69, 9.17) is 44.7 Å². The lowest BCUT2D eigenvalue weighted by Crippen LogP contribution is -2.23. The number of aromatic nitrogens is 2. The molecule has 1 N–H and O–H groups in total. The fourth-order valence-corrected chi connectivity index (χ4v) is 10.5. The van der Waals surface area contributed by atoms with Gasteiger partial charge in [-0.2, -0.15) is 0 Å². The smallest absolute Gasteiger partial charge is 0.261 e. The summed E-state index contributed by atoms with van der Waals surface area (Å²) in [5, 5.41) is 10.8. The van der Waals surface area contributed by atoms with Crippen molar-refractivity contribution < 1.29 is 32.5 Å². The molecule has 368 valence electrons. The van der Waals surface area contributed by atoms with Crippen molar-refractivity contribution in [3.05, 3.63) is 132 Å². The van der Waals surface area contributed by atoms with Crippen molar-refractivity contribution in [1.82, 2.24) is 9.97 Å². The average molecular weight is 1140 g/mol. The Balaban J connectivity index is 0.000000212. The fraction of sp³-hybridized carbons (Fsp3) is 0.308. The monoisotopic (exact) mass is 1140 g/mol. The Morgan fingerprint density at radius 1 is 0.652 bits per heavy atom. The Bertz CT molecular complexity index is 2780. The van der Waals surface area contributed by atoms with Crippen LogP contribution in [-0.4, -0.2) is 97.9 Å². The van der Waals surface area contributed by atoms with Gasteiger partial charge in [-0.3, -0.25) is 0 Å². The molecule has 0 saturated carbocycles. The highest BCUT2D eigenvalue weighted by Gasteiger charge is 2.13. The van der Waals surface area contributed by atoms with Crippen LogP contribution in [0.25, 0.3) is 44.7 Å². The van der Waals surface area contributed by atoms with Crippen LogP contribution in [0, 0.1) is 20.8 Å². The van der Waals surface area contributed by atoms with E-state index >= 15 is 0 Å². The molecule has 11 nitrogen and oxygen atoms in total. The van der Waals surface area contributed by atoms with Gasteiger partial charge in [0.1, 0.15) is 21.5 Å². The zero-order valence-electron chi connectivity index (χ0n) is 40.1. The summed E-state index contributed by atoms with van der Waals surface area (Å²) < 4.78 is 47.2. The number of benzene rings is 5. The highest BCUT2D eigenvalue weighted by Crippen LogP contribution is 2.33. The molecule has 2 heterocycles. The Labute approximate surface area is 436 Å². The second-order valence-corrected chi connectivity index (χ2v) is 22.2. The fourth-order valence-electron chi connectivity index (χ4n) is 6.80. The molecule has 0 atom stereocenters. The number of anilines is 2. The van der Waals surface area contributed by atoms with Gasteiger partial charge in [0.25, 0.3) is 9.05 Å². The van der Waals surface area contributed by atoms with Gasteiger partial charge in [0.2, 0.25) is 0 Å². The van der Waals surface area contributed by atoms with Gasteiger partial charge in [0, 0.05) is 55.8 Å². The molecule has 17 heteroatoms. The third-order valence-corrected chi connectivity index (χ3v) is 15.1. The lowest BCUT2D eigenvalue weighted by Gasteiger charge is -2.21. The molecule has 5 aromatic carbocycles. The van der Waals surface area contributed by atoms with Crippen LogP contribution in [0.5, 0.6) is 11.5 Å². The molecular weight excluding hydrogens is 1080 g/mol. The highest BCUT2D eigenvalue weighted by molar-refractivity contribution is 9.11. The molecular formula is C52H59Br2ClN4O7S3. The first-order valence-electron chi connectivity index (χ1n) is 22.1. The topological polar surface area (TPSA) is 124 Å². The number of nitrogens with zero attached hydrogens (tertiary/aromatic N) is 4. The number of aryl methyl sites for hydroxylation is 3. The third kappa shape index (κ3) is 16.9. The van der Waals surface area contributed by atoms with Gasteiger partial charge in [-0.15, -0.1) is 22.7 Å². The van der Waals surface area contributed by atoms with E-state index in [1.54, 1.807) is 49.0 Å². The number of rotatable bonds is 19. The number of hydrogen-bond acceptors (Lipinski definition) is 13. The number of hydrogen-bond donors (Lipinski definition) is 1. The Morgan fingerprint density at radius 3 is 1.49 bits per heavy atom. The Kier molecular flexibility index (Phi) is 22.0. The Hall–Kier alpha value is -4.36. The zero-order chi connectivity index (χ0) is 50.1. The number of fused-ring (bicyclic) bond motifs is 2. The number of likely N-dealkylation sites (N-methyl/N-ethyl adjacent to an activating group) is 2. The van der Waals surface area contributed by atoms with Crippen LogP contribution in [0.4, 0.5) is 11.4 Å². The lowest BCUT2D eigenvalue weighted by atomic mass is 10.1. The van der Waals surface area contributed by atoms with E-state index in [2.05, 4.69) is 119 Å². The number of halogens is 3. The van der Waals surface area contributed by atoms with Crippen molar-refractivity contribution in [2.75, 3.05) is 84.2 Å². The van der Waals surface area contributed by atoms with Gasteiger partial charge < -0.3 is 33.9 Å². The van der Waals surface area contributed by atoms with Crippen LogP contribution in [-0.2, 0) is 18.5 Å². The van der Waals surface area contributed by atoms with Crippen molar-refractivity contribution in [3.8, 4) is 11.5 Å². The average Bonchev–Trinajstić information content (AvgIpc) is 3.92. The quantitative estimate of drug-likeness (QED) is 0.0615. The molecule has 0 saturated heterocycles. The van der Waals surface area contributed by atoms with E-state index in [1.807, 2.05) is 49.4 Å². The predicted molar refractivity (Wildman–Crippen MR) is 298 cm³/mol. The van der Waals surface area contributed by atoms with Crippen molar-refractivity contribution in [1.29, 1.82) is 0 Å². The van der Waals surface area contributed by atoms with E-state index in [-0.39, 0.29) is 11.5 Å². The molecule has 0 aliphatic rings. The minimum Gasteiger partial charge on any atom is -0.496 e. The molecule has 7 aromatic rings. The number of thiazole rings is 2. The number of methoxy groups -OCH3 is 2. The van der Waals surface area contributed by atoms with E-state index < -0.39 is 9.05 Å². The molecule has 0 bridgehead atoms. The summed E-state index contributed by atoms with van der Waals surface area (Å²) in [6.07, 6.45) is 9.29. The second kappa shape index (κ2) is 27.3. The molecule has 0 amide bonds. The molecule has 69 heavy (non-hydrogen) atoms. The summed E-state index contributed by atoms with van der Waals surface area (Å²) in [4.78, 5) is 14.1. The molecule has 2 aromatic heterocycles. The van der Waals surface area contributed by atoms with Crippen LogP contribution in [0.15, 0.2) is 98.8 Å². The number of aliphatic hydroxyl groups excluding tert-OH is 1. The Morgan fingerprint density at radius 2 is 1.10 bits per heavy atom. The summed E-state index contributed by atoms with van der Waals surface area (Å²) in [6.45, 7) is 12.5. The molecule has 0 aliphatic heterocycles. The number of ether oxygens (including phenoxy) is 4. The first-order chi connectivity index (χ1) is 33.0. The van der Waals surface area contributed by atoms with E-state index in [0.717, 1.165) is 95.6 Å². The molecule has 0 fully saturated rings. The SMILES string of the molecule is CCCOCCN(C)c1cc2sc(/C=C/c3ccc(OC)c(Br)c3)nc2cc1C.COc1ccc(/C=C/c2nc3cc(C)c(N(C)CCOCCO)cc3s2)cc1Br.Cc1ccc(S(=O)(=O)Cl)cc1. The summed E-state index contributed by atoms with van der Waals surface area (Å²) in [5.74, 6) is 1.64. The minimum absolute atomic E-state index is 0.0549. The van der Waals surface area contributed by atoms with Crippen molar-refractivity contribution in [2.24, 2.45) is 0 Å². The molecule has 0 aliphatic carbocycles. The zero-order valence-corrected chi connectivity index (χ0v) is 46.5. The molecule has 0 spiro atoms. The standard InChI is InChI=1S/C23H27BrN2O2S.C22H25BrN2O3S.C7H7ClO2S/c1-5-11-28-12-10-26(3)20-15-22-19(13-16(20)2)25-23(29-22)9-7-17-6-8-21(27-4)18(24)14-17;1-15-12-18-21(14-19(15)25(2)8-10-28-11-9-26)29-22(24-18)7-5-16-4-6-20(27-3)17(23)13-16;1-6-2-4-7(5-3-6)11(8,9)10/h6-9,13-15H,5,10-12H2,1-4H3;4-7,12-14,26H,8-11H2,1-3H3;2-5H,1H3/b9-7+;7-5+;. The van der Waals surface area contributed by atoms with Crippen molar-refractivity contribution in [3.63, 3.8) is 0 Å². The van der Waals surface area contributed by atoms with Crippen LogP contribution >= 0.6 is 65.2 Å². The van der Waals surface area contributed by atoms with E-state index in [1.165, 1.54) is 39.3 Å². The maximum absolute atomic E-state index is 10.7. The van der Waals surface area contributed by atoms with Crippen molar-refractivity contribution >= 4 is 130 Å². The lowest BCUT2D eigenvalue weighted by molar-refractivity contribution is 0.0971. The molecule has 0 unspecified atom stereocenters. The normalized spacial score (nSPS) is 11.5. The summed E-state index contributed by atoms with van der Waals surface area (Å²) >= 11 is 10.4. The van der Waals surface area contributed by atoms with Gasteiger partial charge >= 0.3 is 0 Å². The van der Waals surface area contributed by atoms with Crippen LogP contribution in [0.3, 0.4) is 0 Å². The van der Waals surface area contributed by atoms with E-state index in [0.29, 0.717) is 13.2 Å². The van der Waals surface area contributed by atoms with Gasteiger partial charge in [0.05, 0.1) is 74.9 Å². The van der Waals surface area contributed by atoms with Crippen LogP contribution in [0.1, 0.15) is 51.2 Å². The predicted octanol–water partition coefficient (Wildman–Crippen LogP) is 13.3. The minimum atomic E-state index is -3.55. The highest BCUT2D eigenvalue weighted by atomic mass is 79.9. The summed E-state index contributed by atoms with van der Waals surface area (Å²) in [5.41, 5.74) is 10.1. The first kappa shape index (κ1) is 55.6. The van der Waals surface area contributed by atoms with Gasteiger partial charge in [0.15, 0.2) is 0 Å². The maximum Gasteiger partial charge on any atom is 0.261 e. The van der Waals surface area contributed by atoms with Crippen LogP contribution < -0.4 is 19.3 Å². The summed E-state index contributed by atoms with van der Waals surface area (Å²) in [6, 6.07) is 27.1. The van der Waals surface area contributed by atoms with Crippen LogP contribution in [0.2, 0.25) is 0 Å². The first-order valence-corrected chi connectivity index (χ1v) is 27.6. The van der Waals surface area contributed by atoms with Gasteiger partial charge in [-0.25, -0.2) is 18.4 Å². The van der Waals surface area contributed by atoms with E-state index in [9.17, 15) is 8.42 Å². The second-order valence-electron chi connectivity index (χ2n) is 15.8. The largest absolute Gasteiger partial charge is 0.496 e. The molecule has 7 rings (SSSR count). The van der Waals surface area contributed by atoms with Crippen molar-refractivity contribution in [2.45, 2.75) is 39.0 Å². The number of aliphatic hydroxyl groups is 1. The van der Waals surface area contributed by atoms with Gasteiger partial charge in [-0.05, 0) is 154 Å². The molecule has 0 radical (unpaired) electrons. The summed E-state index contributed by atoms with van der Waals surface area (Å²) in [7, 11) is 9.04. The maximum atomic E-state index is 10.7.